The third-order valence-electron chi connectivity index (χ3n) is 7.64. The fourth-order valence-electron chi connectivity index (χ4n) is 5.53. The molecule has 2 aromatic rings. The number of hydrogen-bond donors (Lipinski definition) is 4. The molecule has 0 unspecified atom stereocenters. The van der Waals surface area contributed by atoms with Crippen LogP contribution < -0.4 is 11.5 Å². The minimum Gasteiger partial charge on any atom is -0.384 e. The maximum Gasteiger partial charge on any atom is 0.137 e. The largest absolute Gasteiger partial charge is 0.384 e. The maximum atomic E-state index is 7.91. The van der Waals surface area contributed by atoms with E-state index in [9.17, 15) is 0 Å². The van der Waals surface area contributed by atoms with Crippen LogP contribution in [0.15, 0.2) is 60.2 Å². The molecule has 2 aliphatic heterocycles. The number of nitrogens with zero attached hydrogens (tertiary/aromatic N) is 4. The van der Waals surface area contributed by atoms with Gasteiger partial charge < -0.3 is 21.4 Å². The van der Waals surface area contributed by atoms with Crippen molar-refractivity contribution >= 4 is 34.6 Å². The number of nitrogens with two attached hydrogens (primary N) is 2. The number of imidazole rings is 1. The normalized spacial score (nSPS) is 20.9. The smallest absolute Gasteiger partial charge is 0.137 e. The number of aromatic nitrogens is 2. The first-order valence-corrected chi connectivity index (χ1v) is 13.9. The van der Waals surface area contributed by atoms with Gasteiger partial charge >= 0.3 is 0 Å². The molecule has 204 valence electrons. The molecule has 3 heterocycles. The van der Waals surface area contributed by atoms with Crippen molar-refractivity contribution in [1.82, 2.24) is 24.7 Å². The lowest BCUT2D eigenvalue weighted by Gasteiger charge is -2.48. The van der Waals surface area contributed by atoms with E-state index in [2.05, 4.69) is 38.2 Å². The number of piperidine rings is 1. The second kappa shape index (κ2) is 12.8. The summed E-state index contributed by atoms with van der Waals surface area (Å²) in [6.45, 7) is 11.6. The zero-order valence-corrected chi connectivity index (χ0v) is 23.5. The number of aromatic amines is 1. The fourth-order valence-corrected chi connectivity index (χ4v) is 5.94. The highest BCUT2D eigenvalue weighted by Crippen LogP contribution is 2.27. The molecule has 38 heavy (non-hydrogen) atoms. The Balaban J connectivity index is 1.36. The van der Waals surface area contributed by atoms with Crippen LogP contribution in [-0.2, 0) is 6.54 Å². The van der Waals surface area contributed by atoms with Crippen LogP contribution in [0.3, 0.4) is 0 Å². The Kier molecular flexibility index (Phi) is 9.54. The van der Waals surface area contributed by atoms with Crippen LogP contribution in [0, 0.1) is 5.41 Å². The Labute approximate surface area is 235 Å². The Morgan fingerprint density at radius 2 is 2.00 bits per heavy atom. The van der Waals surface area contributed by atoms with Gasteiger partial charge in [0.25, 0.3) is 0 Å². The standard InChI is InChI=1S/C28H38Cl2N8/c1-3-19(28-34-9-10-35-28)15-25(30)27(33)37-13-14-38(22(4-2)18-37)23-7-11-36(12-8-23)17-20-5-6-21(29)16-24(20)26(31)32/h3,5-6,9-10,15-16,22-23H,1,4,7-8,11-14,17-18,33H2,2H3,(H3,31,32)(H,34,35)/b19-15+,27-25-/t22-/m0/s1. The summed E-state index contributed by atoms with van der Waals surface area (Å²) in [4.78, 5) is 14.7. The summed E-state index contributed by atoms with van der Waals surface area (Å²) in [6, 6.07) is 6.61. The van der Waals surface area contributed by atoms with Gasteiger partial charge in [0.05, 0.1) is 5.03 Å². The molecule has 0 radical (unpaired) electrons. The van der Waals surface area contributed by atoms with E-state index in [1.54, 1.807) is 24.5 Å². The molecular weight excluding hydrogens is 519 g/mol. The van der Waals surface area contributed by atoms with Crippen molar-refractivity contribution in [3.63, 3.8) is 0 Å². The average molecular weight is 558 g/mol. The van der Waals surface area contributed by atoms with Gasteiger partial charge in [-0.25, -0.2) is 4.98 Å². The minimum absolute atomic E-state index is 0.0617. The van der Waals surface area contributed by atoms with Gasteiger partial charge in [-0.1, -0.05) is 48.8 Å². The van der Waals surface area contributed by atoms with E-state index < -0.39 is 0 Å². The number of H-pyrrole nitrogens is 1. The first kappa shape index (κ1) is 28.2. The lowest BCUT2D eigenvalue weighted by atomic mass is 9.97. The highest BCUT2D eigenvalue weighted by atomic mass is 35.5. The molecule has 6 N–H and O–H groups in total. The number of halogens is 2. The summed E-state index contributed by atoms with van der Waals surface area (Å²) < 4.78 is 0. The predicted octanol–water partition coefficient (Wildman–Crippen LogP) is 4.34. The first-order valence-electron chi connectivity index (χ1n) is 13.2. The van der Waals surface area contributed by atoms with E-state index >= 15 is 0 Å². The van der Waals surface area contributed by atoms with Crippen molar-refractivity contribution in [2.45, 2.75) is 44.8 Å². The highest BCUT2D eigenvalue weighted by molar-refractivity contribution is 6.32. The van der Waals surface area contributed by atoms with Crippen molar-refractivity contribution in [3.05, 3.63) is 82.2 Å². The van der Waals surface area contributed by atoms with Gasteiger partial charge in [-0.05, 0) is 56.1 Å². The number of likely N-dealkylation sites (tertiary alicyclic amines) is 1. The van der Waals surface area contributed by atoms with Crippen LogP contribution in [0.2, 0.25) is 5.02 Å². The summed E-state index contributed by atoms with van der Waals surface area (Å²) in [5.41, 5.74) is 14.9. The molecule has 10 heteroatoms. The number of nitrogen functional groups attached to an aromatic ring is 1. The Morgan fingerprint density at radius 3 is 2.63 bits per heavy atom. The lowest BCUT2D eigenvalue weighted by Crippen LogP contribution is -2.58. The molecule has 4 rings (SSSR count). The second-order valence-electron chi connectivity index (χ2n) is 9.94. The maximum absolute atomic E-state index is 7.91. The monoisotopic (exact) mass is 556 g/mol. The lowest BCUT2D eigenvalue weighted by molar-refractivity contribution is 0.0221. The third-order valence-corrected chi connectivity index (χ3v) is 8.18. The van der Waals surface area contributed by atoms with Gasteiger partial charge in [0.2, 0.25) is 0 Å². The summed E-state index contributed by atoms with van der Waals surface area (Å²) in [6.07, 6.45) is 10.3. The van der Waals surface area contributed by atoms with Gasteiger partial charge in [-0.2, -0.15) is 0 Å². The topological polar surface area (TPSA) is 114 Å². The van der Waals surface area contributed by atoms with Crippen molar-refractivity contribution in [2.75, 3.05) is 32.7 Å². The molecule has 2 fully saturated rings. The highest BCUT2D eigenvalue weighted by Gasteiger charge is 2.33. The molecule has 1 aromatic heterocycles. The molecular formula is C28H38Cl2N8. The zero-order chi connectivity index (χ0) is 27.2. The number of hydrogen-bond acceptors (Lipinski definition) is 6. The first-order chi connectivity index (χ1) is 18.3. The molecule has 0 amide bonds. The molecule has 1 aromatic carbocycles. The molecule has 8 nitrogen and oxygen atoms in total. The summed E-state index contributed by atoms with van der Waals surface area (Å²) in [5.74, 6) is 1.36. The van der Waals surface area contributed by atoms with Gasteiger partial charge in [0.1, 0.15) is 17.5 Å². The van der Waals surface area contributed by atoms with Crippen LogP contribution in [-0.4, -0.2) is 75.3 Å². The van der Waals surface area contributed by atoms with E-state index in [1.165, 1.54) is 0 Å². The van der Waals surface area contributed by atoms with E-state index in [0.717, 1.165) is 75.2 Å². The molecule has 2 aliphatic rings. The van der Waals surface area contributed by atoms with Crippen LogP contribution in [0.1, 0.15) is 43.1 Å². The third kappa shape index (κ3) is 6.61. The number of rotatable bonds is 9. The predicted molar refractivity (Wildman–Crippen MR) is 157 cm³/mol. The van der Waals surface area contributed by atoms with Gasteiger partial charge in [-0.15, -0.1) is 0 Å². The van der Waals surface area contributed by atoms with Crippen LogP contribution in [0.5, 0.6) is 0 Å². The van der Waals surface area contributed by atoms with Crippen molar-refractivity contribution in [1.29, 1.82) is 5.41 Å². The van der Waals surface area contributed by atoms with Crippen molar-refractivity contribution in [2.24, 2.45) is 11.5 Å². The molecule has 0 aliphatic carbocycles. The van der Waals surface area contributed by atoms with Crippen LogP contribution in [0.4, 0.5) is 0 Å². The molecule has 0 bridgehead atoms. The van der Waals surface area contributed by atoms with Crippen LogP contribution in [0.25, 0.3) is 5.57 Å². The molecule has 2 saturated heterocycles. The number of piperazine rings is 1. The van der Waals surface area contributed by atoms with E-state index in [0.29, 0.717) is 33.8 Å². The fraction of sp³-hybridized carbons (Fsp3) is 0.429. The van der Waals surface area contributed by atoms with Crippen molar-refractivity contribution in [3.8, 4) is 0 Å². The number of nitrogens with one attached hydrogen (secondary N) is 2. The molecule has 0 spiro atoms. The Morgan fingerprint density at radius 1 is 1.24 bits per heavy atom. The minimum atomic E-state index is 0.0617. The van der Waals surface area contributed by atoms with Crippen molar-refractivity contribution < 1.29 is 0 Å². The Hall–Kier alpha value is -2.78. The molecule has 0 saturated carbocycles. The van der Waals surface area contributed by atoms with E-state index in [-0.39, 0.29) is 5.84 Å². The summed E-state index contributed by atoms with van der Waals surface area (Å²) >= 11 is 12.8. The number of allylic oxidation sites excluding steroid dienone is 4. The van der Waals surface area contributed by atoms with Crippen LogP contribution >= 0.6 is 23.2 Å². The SMILES string of the molecule is C=C/C(=C\C(Cl)=C(/N)N1CCN(C2CCN(Cc3ccc(Cl)cc3C(=N)N)CC2)[C@@H](CC)C1)c1ncc[nH]1. The van der Waals surface area contributed by atoms with Gasteiger partial charge in [0, 0.05) is 66.8 Å². The second-order valence-corrected chi connectivity index (χ2v) is 10.8. The summed E-state index contributed by atoms with van der Waals surface area (Å²) in [7, 11) is 0. The quantitative estimate of drug-likeness (QED) is 0.207. The average Bonchev–Trinajstić information content (AvgIpc) is 3.47. The number of amidine groups is 1. The zero-order valence-electron chi connectivity index (χ0n) is 22.0. The van der Waals surface area contributed by atoms with Gasteiger partial charge in [-0.3, -0.25) is 15.2 Å². The van der Waals surface area contributed by atoms with E-state index in [1.807, 2.05) is 18.2 Å². The Bertz CT molecular complexity index is 1180. The summed E-state index contributed by atoms with van der Waals surface area (Å²) in [5, 5.41) is 9.01. The number of benzene rings is 1. The molecule has 1 atom stereocenters. The van der Waals surface area contributed by atoms with Gasteiger partial charge in [0.15, 0.2) is 0 Å². The van der Waals surface area contributed by atoms with E-state index in [4.69, 9.17) is 40.1 Å².